The zero-order chi connectivity index (χ0) is 22.7. The molecule has 0 bridgehead atoms. The van der Waals surface area contributed by atoms with Gasteiger partial charge in [-0.25, -0.2) is 4.68 Å². The fraction of sp³-hybridized carbons (Fsp3) is 0.250. The van der Waals surface area contributed by atoms with Crippen LogP contribution in [0.15, 0.2) is 59.8 Å². The second-order valence-corrected chi connectivity index (χ2v) is 8.56. The minimum atomic E-state index is -0.105. The molecule has 1 amide bonds. The van der Waals surface area contributed by atoms with Gasteiger partial charge in [0.25, 0.3) is 0 Å². The van der Waals surface area contributed by atoms with Gasteiger partial charge in [0.15, 0.2) is 11.0 Å². The monoisotopic (exact) mass is 446 g/mol. The molecule has 2 aromatic carbocycles. The number of rotatable bonds is 7. The van der Waals surface area contributed by atoms with E-state index < -0.39 is 0 Å². The lowest BCUT2D eigenvalue weighted by Crippen LogP contribution is -2.16. The fourth-order valence-corrected chi connectivity index (χ4v) is 4.43. The van der Waals surface area contributed by atoms with Crippen molar-refractivity contribution in [2.75, 3.05) is 11.1 Å². The number of para-hydroxylation sites is 2. The van der Waals surface area contributed by atoms with Crippen molar-refractivity contribution in [3.8, 4) is 17.1 Å². The molecular formula is C24H26N6OS. The molecule has 0 atom stereocenters. The van der Waals surface area contributed by atoms with Crippen molar-refractivity contribution in [3.05, 3.63) is 71.5 Å². The van der Waals surface area contributed by atoms with E-state index in [1.807, 2.05) is 65.6 Å². The van der Waals surface area contributed by atoms with E-state index in [0.717, 1.165) is 45.9 Å². The molecular weight excluding hydrogens is 420 g/mol. The Balaban J connectivity index is 1.49. The largest absolute Gasteiger partial charge is 0.323 e. The molecule has 8 heteroatoms. The van der Waals surface area contributed by atoms with Gasteiger partial charge in [-0.1, -0.05) is 47.7 Å². The summed E-state index contributed by atoms with van der Waals surface area (Å²) in [5.41, 5.74) is 5.70. The molecule has 0 aliphatic carbocycles. The average Bonchev–Trinajstić information content (AvgIpc) is 3.34. The number of nitrogens with zero attached hydrogens (tertiary/aromatic N) is 5. The van der Waals surface area contributed by atoms with Crippen LogP contribution in [0.25, 0.3) is 17.1 Å². The molecule has 1 N–H and O–H groups in total. The average molecular weight is 447 g/mol. The van der Waals surface area contributed by atoms with Crippen LogP contribution in [0.1, 0.15) is 23.9 Å². The van der Waals surface area contributed by atoms with Crippen LogP contribution in [0.2, 0.25) is 0 Å². The number of hydrogen-bond acceptors (Lipinski definition) is 5. The molecule has 32 heavy (non-hydrogen) atoms. The summed E-state index contributed by atoms with van der Waals surface area (Å²) in [6.07, 6.45) is 0. The van der Waals surface area contributed by atoms with Crippen molar-refractivity contribution in [2.45, 2.75) is 39.4 Å². The second-order valence-electron chi connectivity index (χ2n) is 7.61. The van der Waals surface area contributed by atoms with Gasteiger partial charge in [0.2, 0.25) is 5.91 Å². The lowest BCUT2D eigenvalue weighted by atomic mass is 10.1. The van der Waals surface area contributed by atoms with Crippen LogP contribution in [-0.4, -0.2) is 36.2 Å². The number of nitrogens with one attached hydrogen (secondary N) is 1. The number of carbonyl (C=O) groups excluding carboxylic acids is 1. The van der Waals surface area contributed by atoms with Gasteiger partial charge >= 0.3 is 0 Å². The highest BCUT2D eigenvalue weighted by atomic mass is 32.2. The van der Waals surface area contributed by atoms with E-state index in [-0.39, 0.29) is 11.7 Å². The zero-order valence-electron chi connectivity index (χ0n) is 18.7. The van der Waals surface area contributed by atoms with E-state index in [9.17, 15) is 4.79 Å². The van der Waals surface area contributed by atoms with Crippen LogP contribution in [0.4, 0.5) is 5.69 Å². The molecule has 0 saturated heterocycles. The van der Waals surface area contributed by atoms with Crippen molar-refractivity contribution in [2.24, 2.45) is 0 Å². The molecule has 0 aliphatic rings. The molecule has 2 heterocycles. The summed E-state index contributed by atoms with van der Waals surface area (Å²) in [6, 6.07) is 17.9. The first-order chi connectivity index (χ1) is 15.5. The van der Waals surface area contributed by atoms with Crippen molar-refractivity contribution in [3.63, 3.8) is 0 Å². The van der Waals surface area contributed by atoms with E-state index in [1.165, 1.54) is 17.3 Å². The predicted molar refractivity (Wildman–Crippen MR) is 128 cm³/mol. The van der Waals surface area contributed by atoms with Crippen molar-refractivity contribution < 1.29 is 4.79 Å². The quantitative estimate of drug-likeness (QED) is 0.412. The topological polar surface area (TPSA) is 77.6 Å². The maximum absolute atomic E-state index is 12.8. The number of aromatic nitrogens is 5. The predicted octanol–water partition coefficient (Wildman–Crippen LogP) is 4.81. The molecule has 0 spiro atoms. The summed E-state index contributed by atoms with van der Waals surface area (Å²) in [7, 11) is 0. The van der Waals surface area contributed by atoms with E-state index in [0.29, 0.717) is 0 Å². The zero-order valence-corrected chi connectivity index (χ0v) is 19.5. The third-order valence-corrected chi connectivity index (χ3v) is 6.02. The van der Waals surface area contributed by atoms with Crippen molar-refractivity contribution in [1.29, 1.82) is 0 Å². The minimum Gasteiger partial charge on any atom is -0.323 e. The first kappa shape index (κ1) is 21.8. The van der Waals surface area contributed by atoms with Gasteiger partial charge in [0, 0.05) is 17.8 Å². The van der Waals surface area contributed by atoms with Gasteiger partial charge in [-0.15, -0.1) is 10.2 Å². The minimum absolute atomic E-state index is 0.105. The van der Waals surface area contributed by atoms with E-state index >= 15 is 0 Å². The highest BCUT2D eigenvalue weighted by Crippen LogP contribution is 2.26. The molecule has 7 nitrogen and oxygen atoms in total. The third kappa shape index (κ3) is 4.60. The van der Waals surface area contributed by atoms with Gasteiger partial charge in [-0.2, -0.15) is 5.10 Å². The SMILES string of the molecule is CCn1c(SCC(=O)Nc2ccccc2-n2nc(C)cc2C)nnc1-c1cccc(C)c1. The molecule has 0 fully saturated rings. The van der Waals surface area contributed by atoms with Gasteiger partial charge in [-0.3, -0.25) is 4.79 Å². The molecule has 4 rings (SSSR count). The normalized spacial score (nSPS) is 11.0. The molecule has 0 radical (unpaired) electrons. The van der Waals surface area contributed by atoms with Crippen LogP contribution < -0.4 is 5.32 Å². The van der Waals surface area contributed by atoms with Crippen LogP contribution >= 0.6 is 11.8 Å². The maximum Gasteiger partial charge on any atom is 0.234 e. The number of anilines is 1. The highest BCUT2D eigenvalue weighted by Gasteiger charge is 2.16. The van der Waals surface area contributed by atoms with Crippen LogP contribution in [0.5, 0.6) is 0 Å². The van der Waals surface area contributed by atoms with Crippen LogP contribution in [0, 0.1) is 20.8 Å². The molecule has 0 unspecified atom stereocenters. The number of benzene rings is 2. The molecule has 2 aromatic heterocycles. The Morgan fingerprint density at radius 1 is 1.03 bits per heavy atom. The Bertz CT molecular complexity index is 1260. The number of amides is 1. The first-order valence-corrected chi connectivity index (χ1v) is 11.5. The molecule has 0 aliphatic heterocycles. The molecule has 4 aromatic rings. The Labute approximate surface area is 191 Å². The van der Waals surface area contributed by atoms with E-state index in [1.54, 1.807) is 0 Å². The number of thioether (sulfide) groups is 1. The third-order valence-electron chi connectivity index (χ3n) is 5.06. The summed E-state index contributed by atoms with van der Waals surface area (Å²) >= 11 is 1.38. The summed E-state index contributed by atoms with van der Waals surface area (Å²) < 4.78 is 3.89. The first-order valence-electron chi connectivity index (χ1n) is 10.5. The van der Waals surface area contributed by atoms with E-state index in [2.05, 4.69) is 46.6 Å². The van der Waals surface area contributed by atoms with Gasteiger partial charge in [-0.05, 0) is 52.0 Å². The van der Waals surface area contributed by atoms with Gasteiger partial charge in [0.05, 0.1) is 22.8 Å². The number of carbonyl (C=O) groups is 1. The fourth-order valence-electron chi connectivity index (χ4n) is 3.63. The Hall–Kier alpha value is -3.39. The number of hydrogen-bond donors (Lipinski definition) is 1. The maximum atomic E-state index is 12.8. The lowest BCUT2D eigenvalue weighted by molar-refractivity contribution is -0.113. The summed E-state index contributed by atoms with van der Waals surface area (Å²) in [5.74, 6) is 0.943. The summed E-state index contributed by atoms with van der Waals surface area (Å²) in [5, 5.41) is 17.0. The highest BCUT2D eigenvalue weighted by molar-refractivity contribution is 7.99. The summed E-state index contributed by atoms with van der Waals surface area (Å²) in [6.45, 7) is 8.78. The van der Waals surface area contributed by atoms with Crippen molar-refractivity contribution >= 4 is 23.4 Å². The lowest BCUT2D eigenvalue weighted by Gasteiger charge is -2.12. The van der Waals surface area contributed by atoms with E-state index in [4.69, 9.17) is 0 Å². The Morgan fingerprint density at radius 3 is 2.56 bits per heavy atom. The van der Waals surface area contributed by atoms with Gasteiger partial charge in [0.1, 0.15) is 0 Å². The van der Waals surface area contributed by atoms with Crippen LogP contribution in [-0.2, 0) is 11.3 Å². The number of aryl methyl sites for hydroxylation is 3. The summed E-state index contributed by atoms with van der Waals surface area (Å²) in [4.78, 5) is 12.8. The molecule has 164 valence electrons. The standard InChI is InChI=1S/C24H26N6OS/c1-5-29-23(19-10-8-9-16(2)13-19)26-27-24(29)32-15-22(31)25-20-11-6-7-12-21(20)30-18(4)14-17(3)28-30/h6-14H,5,15H2,1-4H3,(H,25,31). The Morgan fingerprint density at radius 2 is 1.84 bits per heavy atom. The molecule has 0 saturated carbocycles. The van der Waals surface area contributed by atoms with Crippen molar-refractivity contribution in [1.82, 2.24) is 24.5 Å². The van der Waals surface area contributed by atoms with Crippen LogP contribution in [0.3, 0.4) is 0 Å². The Kier molecular flexibility index (Phi) is 6.41. The smallest absolute Gasteiger partial charge is 0.234 e. The van der Waals surface area contributed by atoms with Gasteiger partial charge < -0.3 is 9.88 Å². The second kappa shape index (κ2) is 9.40.